The fourth-order valence-electron chi connectivity index (χ4n) is 4.02. The second-order valence-electron chi connectivity index (χ2n) is 8.79. The van der Waals surface area contributed by atoms with Crippen LogP contribution < -0.4 is 15.5 Å². The highest BCUT2D eigenvalue weighted by Gasteiger charge is 2.31. The lowest BCUT2D eigenvalue weighted by atomic mass is 9.98. The molecule has 0 saturated heterocycles. The highest BCUT2D eigenvalue weighted by atomic mass is 32.2. The molecule has 3 rings (SSSR count). The highest BCUT2D eigenvalue weighted by molar-refractivity contribution is 7.99. The highest BCUT2D eigenvalue weighted by Crippen LogP contribution is 2.32. The lowest BCUT2D eigenvalue weighted by Gasteiger charge is -2.20. The van der Waals surface area contributed by atoms with Crippen molar-refractivity contribution in [3.8, 4) is 17.3 Å². The van der Waals surface area contributed by atoms with Crippen LogP contribution in [0.4, 0.5) is 13.2 Å². The van der Waals surface area contributed by atoms with Crippen LogP contribution in [0.15, 0.2) is 64.4 Å². The quantitative estimate of drug-likeness (QED) is 0.253. The zero-order valence-corrected chi connectivity index (χ0v) is 22.0. The smallest absolute Gasteiger partial charge is 0.348 e. The molecule has 7 nitrogen and oxygen atoms in total. The normalized spacial score (nSPS) is 12.9. The summed E-state index contributed by atoms with van der Waals surface area (Å²) >= 11 is 0. The number of hydrogen-bond donors (Lipinski definition) is 2. The molecule has 200 valence electrons. The fourth-order valence-corrected chi connectivity index (χ4v) is 5.20. The summed E-state index contributed by atoms with van der Waals surface area (Å²) in [4.78, 5) is 26.9. The number of halogens is 3. The first-order valence-electron chi connectivity index (χ1n) is 11.6. The van der Waals surface area contributed by atoms with Crippen molar-refractivity contribution >= 4 is 21.0 Å². The van der Waals surface area contributed by atoms with E-state index >= 15 is 0 Å². The number of carbonyl (C=O) groups excluding carboxylic acids is 1. The van der Waals surface area contributed by atoms with Crippen LogP contribution in [0.2, 0.25) is 0 Å². The molecule has 1 aromatic heterocycles. The van der Waals surface area contributed by atoms with Crippen LogP contribution >= 0.6 is 0 Å². The van der Waals surface area contributed by atoms with Crippen LogP contribution in [0.5, 0.6) is 0 Å². The van der Waals surface area contributed by atoms with Crippen molar-refractivity contribution in [3.05, 3.63) is 87.3 Å². The molecule has 0 aliphatic heterocycles. The molecule has 3 aromatic rings. The minimum Gasteiger partial charge on any atom is -0.348 e. The molecule has 0 saturated carbocycles. The van der Waals surface area contributed by atoms with E-state index in [4.69, 9.17) is 5.26 Å². The van der Waals surface area contributed by atoms with Crippen molar-refractivity contribution in [2.24, 2.45) is 0 Å². The molecule has 38 heavy (non-hydrogen) atoms. The van der Waals surface area contributed by atoms with E-state index in [0.717, 1.165) is 12.1 Å². The van der Waals surface area contributed by atoms with Crippen molar-refractivity contribution in [2.75, 3.05) is 0 Å². The van der Waals surface area contributed by atoms with Crippen molar-refractivity contribution in [1.82, 2.24) is 14.6 Å². The molecule has 1 amide bonds. The molecule has 1 unspecified atom stereocenters. The van der Waals surface area contributed by atoms with Gasteiger partial charge in [-0.1, -0.05) is 24.3 Å². The number of aromatic nitrogens is 1. The van der Waals surface area contributed by atoms with E-state index in [1.165, 1.54) is 23.7 Å². The molecule has 0 radical (unpaired) electrons. The molecular formula is C27H27F3N4O3S. The van der Waals surface area contributed by atoms with E-state index in [1.807, 2.05) is 13.8 Å². The summed E-state index contributed by atoms with van der Waals surface area (Å²) in [5.74, 6) is -0.682. The van der Waals surface area contributed by atoms with E-state index in [2.05, 4.69) is 10.0 Å². The Morgan fingerprint density at radius 1 is 1.18 bits per heavy atom. The topological polar surface area (TPSA) is 104 Å². The van der Waals surface area contributed by atoms with Gasteiger partial charge in [0, 0.05) is 30.0 Å². The molecule has 0 spiro atoms. The molecule has 2 aromatic carbocycles. The zero-order valence-electron chi connectivity index (χ0n) is 21.2. The lowest BCUT2D eigenvalue weighted by molar-refractivity contribution is -0.137. The number of amides is 1. The molecule has 0 aliphatic carbocycles. The van der Waals surface area contributed by atoms with E-state index in [-0.39, 0.29) is 29.3 Å². The number of nitrogens with zero attached hydrogens (tertiary/aromatic N) is 2. The average molecular weight is 545 g/mol. The number of rotatable bonds is 7. The van der Waals surface area contributed by atoms with Crippen LogP contribution in [-0.2, 0) is 22.4 Å². The molecule has 11 heteroatoms. The van der Waals surface area contributed by atoms with E-state index < -0.39 is 32.8 Å². The Kier molecular flexibility index (Phi) is 8.37. The van der Waals surface area contributed by atoms with Gasteiger partial charge in [0.2, 0.25) is 5.43 Å². The number of carbonyl (C=O) groups is 1. The molecular weight excluding hydrogens is 517 g/mol. The van der Waals surface area contributed by atoms with Gasteiger partial charge in [0.05, 0.1) is 20.2 Å². The van der Waals surface area contributed by atoms with E-state index in [1.54, 1.807) is 48.9 Å². The van der Waals surface area contributed by atoms with Gasteiger partial charge in [0.25, 0.3) is 5.91 Å². The largest absolute Gasteiger partial charge is 0.416 e. The molecule has 0 aliphatic rings. The Balaban J connectivity index is 1.96. The SMILES string of the molecule is CC=S(=O)(NC#N)c1ccc(CNC(=O)c2cn(C(C)C)c(C)c(-c3cccc(C(F)(F)F)c3)c2=O)cc1. The van der Waals surface area contributed by atoms with Crippen LogP contribution in [0.25, 0.3) is 11.1 Å². The number of alkyl halides is 3. The average Bonchev–Trinajstić information content (AvgIpc) is 2.87. The molecule has 0 fully saturated rings. The van der Waals surface area contributed by atoms with Crippen molar-refractivity contribution < 1.29 is 22.2 Å². The second kappa shape index (κ2) is 11.1. The molecule has 0 bridgehead atoms. The first-order valence-corrected chi connectivity index (χ1v) is 13.2. The summed E-state index contributed by atoms with van der Waals surface area (Å²) in [5.41, 5.74) is -0.577. The van der Waals surface area contributed by atoms with Gasteiger partial charge in [0.1, 0.15) is 5.56 Å². The van der Waals surface area contributed by atoms with Crippen LogP contribution in [0.1, 0.15) is 54.0 Å². The molecule has 2 N–H and O–H groups in total. The van der Waals surface area contributed by atoms with Crippen LogP contribution in [0, 0.1) is 18.4 Å². The number of benzene rings is 2. The van der Waals surface area contributed by atoms with Crippen molar-refractivity contribution in [2.45, 2.75) is 51.4 Å². The Labute approximate surface area is 219 Å². The standard InChI is InChI=1S/C27H27F3N4O3S/c1-5-38(37,33-16-31)22-11-9-19(10-12-22)14-32-26(36)23-15-34(17(2)3)18(4)24(25(23)35)20-7-6-8-21(13-20)27(28,29)30/h5-13,15,17H,14H2,1-4H3,(H,32,36)(H,33,37). The maximum Gasteiger partial charge on any atom is 0.416 e. The van der Waals surface area contributed by atoms with Crippen molar-refractivity contribution in [1.29, 1.82) is 5.26 Å². The number of pyridine rings is 1. The number of hydrogen-bond acceptors (Lipinski definition) is 4. The third-order valence-corrected chi connectivity index (χ3v) is 8.06. The summed E-state index contributed by atoms with van der Waals surface area (Å²) in [7, 11) is -2.85. The van der Waals surface area contributed by atoms with Crippen molar-refractivity contribution in [3.63, 3.8) is 0 Å². The van der Waals surface area contributed by atoms with Gasteiger partial charge in [-0.3, -0.25) is 9.59 Å². The van der Waals surface area contributed by atoms with E-state index in [9.17, 15) is 27.0 Å². The van der Waals surface area contributed by atoms with Gasteiger partial charge in [0.15, 0.2) is 6.19 Å². The summed E-state index contributed by atoms with van der Waals surface area (Å²) in [6, 6.07) is 10.7. The Morgan fingerprint density at radius 3 is 2.39 bits per heavy atom. The lowest BCUT2D eigenvalue weighted by Crippen LogP contribution is -2.31. The third kappa shape index (κ3) is 5.92. The molecule has 1 heterocycles. The summed E-state index contributed by atoms with van der Waals surface area (Å²) < 4.78 is 56.7. The predicted octanol–water partition coefficient (Wildman–Crippen LogP) is 4.80. The van der Waals surface area contributed by atoms with Crippen LogP contribution in [-0.4, -0.2) is 20.1 Å². The van der Waals surface area contributed by atoms with Gasteiger partial charge < -0.3 is 9.88 Å². The minimum atomic E-state index is -4.58. The van der Waals surface area contributed by atoms with Gasteiger partial charge in [-0.2, -0.15) is 18.4 Å². The summed E-state index contributed by atoms with van der Waals surface area (Å²) in [5, 5.41) is 12.9. The first kappa shape index (κ1) is 28.5. The summed E-state index contributed by atoms with van der Waals surface area (Å²) in [6.45, 7) is 6.91. The Hall–Kier alpha value is -4.04. The summed E-state index contributed by atoms with van der Waals surface area (Å²) in [6.07, 6.45) is -1.49. The number of nitriles is 1. The maximum atomic E-state index is 13.4. The van der Waals surface area contributed by atoms with Gasteiger partial charge in [-0.25, -0.2) is 8.93 Å². The first-order chi connectivity index (χ1) is 17.8. The van der Waals surface area contributed by atoms with Gasteiger partial charge in [-0.05, 0) is 68.5 Å². The predicted molar refractivity (Wildman–Crippen MR) is 141 cm³/mol. The second-order valence-corrected chi connectivity index (χ2v) is 11.1. The Morgan fingerprint density at radius 2 is 1.84 bits per heavy atom. The zero-order chi connectivity index (χ0) is 28.3. The third-order valence-electron chi connectivity index (χ3n) is 6.02. The van der Waals surface area contributed by atoms with Gasteiger partial charge in [-0.15, -0.1) is 0 Å². The monoisotopic (exact) mass is 544 g/mol. The minimum absolute atomic E-state index is 0.0253. The number of nitrogens with one attached hydrogen (secondary N) is 2. The Bertz CT molecular complexity index is 1580. The maximum absolute atomic E-state index is 13.4. The van der Waals surface area contributed by atoms with E-state index in [0.29, 0.717) is 16.2 Å². The molecule has 1 atom stereocenters. The van der Waals surface area contributed by atoms with Gasteiger partial charge >= 0.3 is 6.18 Å². The fraction of sp³-hybridized carbons (Fsp3) is 0.259. The van der Waals surface area contributed by atoms with Crippen LogP contribution in [0.3, 0.4) is 0 Å².